The summed E-state index contributed by atoms with van der Waals surface area (Å²) >= 11 is 1.96. The lowest BCUT2D eigenvalue weighted by molar-refractivity contribution is -0.162. The number of ether oxygens (including phenoxy) is 1. The van der Waals surface area contributed by atoms with E-state index in [1.165, 1.54) is 0 Å². The fraction of sp³-hybridized carbons (Fsp3) is 0.714. The number of nitrogens with one attached hydrogen (secondary N) is 1. The maximum absolute atomic E-state index is 12.9. The number of halogens is 1. The molecule has 4 bridgehead atoms. The molecule has 1 aromatic heterocycles. The minimum atomic E-state index is -0.234. The molecule has 1 saturated heterocycles. The second-order valence-electron chi connectivity index (χ2n) is 9.51. The van der Waals surface area contributed by atoms with Crippen LogP contribution in [0.15, 0.2) is 12.3 Å². The quantitative estimate of drug-likeness (QED) is 0.498. The zero-order valence-electron chi connectivity index (χ0n) is 16.6. The zero-order chi connectivity index (χ0) is 20.2. The minimum absolute atomic E-state index is 0.0385. The second kappa shape index (κ2) is 7.35. The van der Waals surface area contributed by atoms with Crippen LogP contribution in [-0.2, 0) is 9.53 Å². The minimum Gasteiger partial charge on any atom is -0.446 e. The van der Waals surface area contributed by atoms with Gasteiger partial charge in [0, 0.05) is 30.9 Å². The van der Waals surface area contributed by atoms with Crippen LogP contribution in [0.4, 0.5) is 4.79 Å². The van der Waals surface area contributed by atoms with E-state index >= 15 is 0 Å². The first-order valence-corrected chi connectivity index (χ1v) is 11.7. The molecule has 6 rings (SSSR count). The van der Waals surface area contributed by atoms with Crippen LogP contribution in [0.2, 0.25) is 0 Å². The van der Waals surface area contributed by atoms with Crippen molar-refractivity contribution in [2.24, 2.45) is 23.2 Å². The topological polar surface area (TPSA) is 84.4 Å². The molecule has 5 aliphatic rings. The van der Waals surface area contributed by atoms with Crippen molar-refractivity contribution in [3.63, 3.8) is 0 Å². The summed E-state index contributed by atoms with van der Waals surface area (Å²) in [5.41, 5.74) is 0.719. The number of carbonyl (C=O) groups excluding carboxylic acids is 2. The fourth-order valence-electron chi connectivity index (χ4n) is 6.54. The van der Waals surface area contributed by atoms with Crippen molar-refractivity contribution in [2.75, 3.05) is 13.1 Å². The summed E-state index contributed by atoms with van der Waals surface area (Å²) < 4.78 is 8.94. The molecule has 3 unspecified atom stereocenters. The van der Waals surface area contributed by atoms with E-state index in [2.05, 4.69) is 13.5 Å². The molecule has 8 heteroatoms. The van der Waals surface area contributed by atoms with E-state index in [9.17, 15) is 9.59 Å². The predicted octanol–water partition coefficient (Wildman–Crippen LogP) is 3.37. The first-order valence-electron chi connectivity index (χ1n) is 10.6. The lowest BCUT2D eigenvalue weighted by Crippen LogP contribution is -2.59. The first kappa shape index (κ1) is 19.5. The molecule has 1 N–H and O–H groups in total. The highest BCUT2D eigenvalue weighted by Gasteiger charge is 2.59. The molecular weight excluding hydrogens is 483 g/mol. The van der Waals surface area contributed by atoms with Crippen molar-refractivity contribution in [1.29, 1.82) is 0 Å². The Morgan fingerprint density at radius 1 is 1.28 bits per heavy atom. The van der Waals surface area contributed by atoms with Gasteiger partial charge in [-0.1, -0.05) is 0 Å². The molecule has 0 radical (unpaired) electrons. The Labute approximate surface area is 184 Å². The third kappa shape index (κ3) is 3.41. The summed E-state index contributed by atoms with van der Waals surface area (Å²) in [5.74, 6) is 2.40. The van der Waals surface area contributed by atoms with Crippen LogP contribution in [0.25, 0.3) is 0 Å². The Bertz CT molecular complexity index is 818. The molecule has 7 nitrogen and oxygen atoms in total. The smallest absolute Gasteiger partial charge is 0.410 e. The van der Waals surface area contributed by atoms with Gasteiger partial charge in [-0.2, -0.15) is 0 Å². The van der Waals surface area contributed by atoms with Crippen LogP contribution in [0.1, 0.15) is 56.0 Å². The Hall–Kier alpha value is -1.45. The summed E-state index contributed by atoms with van der Waals surface area (Å²) in [4.78, 5) is 36.2. The van der Waals surface area contributed by atoms with E-state index < -0.39 is 0 Å². The van der Waals surface area contributed by atoms with E-state index in [4.69, 9.17) is 4.74 Å². The average molecular weight is 510 g/mol. The summed E-state index contributed by atoms with van der Waals surface area (Å²) in [5, 5.41) is 0. The van der Waals surface area contributed by atoms with E-state index in [0.717, 1.165) is 50.0 Å². The molecule has 2 heterocycles. The normalized spacial score (nSPS) is 37.6. The number of hydrogen-bond acceptors (Lipinski definition) is 5. The van der Waals surface area contributed by atoms with Gasteiger partial charge in [-0.3, -0.25) is 8.32 Å². The van der Waals surface area contributed by atoms with Gasteiger partial charge in [-0.15, -0.1) is 0 Å². The van der Waals surface area contributed by atoms with Crippen molar-refractivity contribution < 1.29 is 14.3 Å². The Balaban J connectivity index is 1.24. The third-order valence-corrected chi connectivity index (χ3v) is 8.11. The highest BCUT2D eigenvalue weighted by atomic mass is 127. The van der Waals surface area contributed by atoms with Gasteiger partial charge >= 0.3 is 6.09 Å². The lowest BCUT2D eigenvalue weighted by atomic mass is 9.48. The maximum atomic E-state index is 12.9. The summed E-state index contributed by atoms with van der Waals surface area (Å²) in [6.45, 7) is 3.27. The van der Waals surface area contributed by atoms with Gasteiger partial charge in [0.25, 0.3) is 0 Å². The van der Waals surface area contributed by atoms with Crippen molar-refractivity contribution in [3.8, 4) is 0 Å². The highest BCUT2D eigenvalue weighted by Crippen LogP contribution is 2.61. The molecule has 4 aliphatic carbocycles. The number of aryl methyl sites for hydroxylation is 1. The van der Waals surface area contributed by atoms with E-state index in [1.807, 2.05) is 40.8 Å². The van der Waals surface area contributed by atoms with Crippen LogP contribution in [-0.4, -0.2) is 46.1 Å². The van der Waals surface area contributed by atoms with Crippen LogP contribution < -0.4 is 3.53 Å². The Morgan fingerprint density at radius 2 is 2.03 bits per heavy atom. The maximum Gasteiger partial charge on any atom is 0.410 e. The average Bonchev–Trinajstić information content (AvgIpc) is 3.20. The number of hydrogen-bond donors (Lipinski definition) is 1. The van der Waals surface area contributed by atoms with Gasteiger partial charge in [0.05, 0.1) is 28.3 Å². The molecule has 5 fully saturated rings. The van der Waals surface area contributed by atoms with Crippen molar-refractivity contribution in [3.05, 3.63) is 23.8 Å². The molecule has 2 amide bonds. The number of rotatable bonds is 3. The molecular formula is C21H27IN4O3. The Morgan fingerprint density at radius 3 is 2.72 bits per heavy atom. The van der Waals surface area contributed by atoms with E-state index in [-0.39, 0.29) is 29.4 Å². The molecule has 0 aromatic carbocycles. The van der Waals surface area contributed by atoms with Gasteiger partial charge < -0.3 is 9.64 Å². The second-order valence-corrected chi connectivity index (χ2v) is 10.0. The summed E-state index contributed by atoms with van der Waals surface area (Å²) in [7, 11) is 0. The Kier molecular flexibility index (Phi) is 4.95. The molecule has 1 aromatic rings. The molecule has 156 valence electrons. The van der Waals surface area contributed by atoms with Gasteiger partial charge in [-0.05, 0) is 69.3 Å². The molecule has 1 aliphatic heterocycles. The molecule has 3 atom stereocenters. The molecule has 0 spiro atoms. The van der Waals surface area contributed by atoms with Crippen LogP contribution in [0.3, 0.4) is 0 Å². The molecule has 4 saturated carbocycles. The van der Waals surface area contributed by atoms with Crippen molar-refractivity contribution in [1.82, 2.24) is 18.4 Å². The standard InChI is InChI=1S/C21H27IN4O3/c1-12-2-4-23-18(24-12)14-3-5-26(11-14)20(28)29-17-15-6-13-7-16(17)10-21(8-13,9-15)19(27)25-22/h2,4,13-17H,3,5-11H2,1H3,(H,25,27). The van der Waals surface area contributed by atoms with Crippen molar-refractivity contribution in [2.45, 2.75) is 57.5 Å². The highest BCUT2D eigenvalue weighted by molar-refractivity contribution is 14.1. The van der Waals surface area contributed by atoms with Gasteiger partial charge in [0.1, 0.15) is 11.9 Å². The monoisotopic (exact) mass is 510 g/mol. The number of nitrogens with zero attached hydrogens (tertiary/aromatic N) is 3. The first-order chi connectivity index (χ1) is 14.0. The van der Waals surface area contributed by atoms with E-state index in [0.29, 0.717) is 30.8 Å². The predicted molar refractivity (Wildman–Crippen MR) is 114 cm³/mol. The van der Waals surface area contributed by atoms with Gasteiger partial charge in [0.2, 0.25) is 5.91 Å². The number of amides is 2. The largest absolute Gasteiger partial charge is 0.446 e. The van der Waals surface area contributed by atoms with E-state index in [1.54, 1.807) is 6.20 Å². The van der Waals surface area contributed by atoms with Gasteiger partial charge in [0.15, 0.2) is 0 Å². The number of likely N-dealkylation sites (tertiary alicyclic amines) is 1. The zero-order valence-corrected chi connectivity index (χ0v) is 18.8. The summed E-state index contributed by atoms with van der Waals surface area (Å²) in [6, 6.07) is 1.89. The number of aromatic nitrogens is 2. The van der Waals surface area contributed by atoms with Gasteiger partial charge in [-0.25, -0.2) is 14.8 Å². The van der Waals surface area contributed by atoms with Crippen LogP contribution in [0, 0.1) is 30.1 Å². The third-order valence-electron chi connectivity index (χ3n) is 7.62. The fourth-order valence-corrected chi connectivity index (χ4v) is 7.11. The SMILES string of the molecule is Cc1ccnc(C2CCN(C(=O)OC3C4CC5CC3CC(C(=O)NI)(C5)C4)C2)n1. The van der Waals surface area contributed by atoms with Crippen LogP contribution >= 0.6 is 22.9 Å². The lowest BCUT2D eigenvalue weighted by Gasteiger charge is -2.58. The molecule has 29 heavy (non-hydrogen) atoms. The number of carbonyl (C=O) groups is 2. The van der Waals surface area contributed by atoms with Crippen molar-refractivity contribution >= 4 is 34.9 Å². The summed E-state index contributed by atoms with van der Waals surface area (Å²) in [6.07, 6.45) is 7.30. The van der Waals surface area contributed by atoms with Crippen LogP contribution in [0.5, 0.6) is 0 Å².